The van der Waals surface area contributed by atoms with E-state index in [-0.39, 0.29) is 0 Å². The van der Waals surface area contributed by atoms with Gasteiger partial charge in [0.25, 0.3) is 0 Å². The van der Waals surface area contributed by atoms with Crippen molar-refractivity contribution >= 4 is 0 Å². The number of hydrogen-bond acceptors (Lipinski definition) is 3. The molecule has 0 aliphatic rings. The minimum Gasteiger partial charge on any atom is -0.449 e. The van der Waals surface area contributed by atoms with Crippen molar-refractivity contribution in [1.29, 1.82) is 0 Å². The van der Waals surface area contributed by atoms with Crippen molar-refractivity contribution in [2.24, 2.45) is 0 Å². The Morgan fingerprint density at radius 1 is 1.42 bits per heavy atom. The first-order valence-electron chi connectivity index (χ1n) is 3.69. The number of rotatable bonds is 1. The Balaban J connectivity index is 2.45. The first-order chi connectivity index (χ1) is 5.86. The lowest BCUT2D eigenvalue weighted by molar-refractivity contribution is 0.521. The molecule has 3 heteroatoms. The minimum absolute atomic E-state index is 0.675. The first kappa shape index (κ1) is 7.03. The van der Waals surface area contributed by atoms with Gasteiger partial charge in [0.15, 0.2) is 5.89 Å². The summed E-state index contributed by atoms with van der Waals surface area (Å²) in [5.41, 5.74) is 1.81. The normalized spacial score (nSPS) is 10.1. The predicted octanol–water partition coefficient (Wildman–Crippen LogP) is 2.05. The maximum Gasteiger partial charge on any atom is 0.191 e. The van der Waals surface area contributed by atoms with Gasteiger partial charge >= 0.3 is 0 Å². The predicted molar refractivity (Wildman–Crippen MR) is 44.5 cm³/mol. The summed E-state index contributed by atoms with van der Waals surface area (Å²) >= 11 is 0. The van der Waals surface area contributed by atoms with E-state index in [2.05, 4.69) is 9.97 Å². The first-order valence-corrected chi connectivity index (χ1v) is 3.69. The van der Waals surface area contributed by atoms with Crippen molar-refractivity contribution in [2.75, 3.05) is 0 Å². The monoisotopic (exact) mass is 160 g/mol. The molecular weight excluding hydrogens is 152 g/mol. The number of hydrogen-bond donors (Lipinski definition) is 0. The number of nitrogens with zero attached hydrogens (tertiary/aromatic N) is 2. The summed E-state index contributed by atoms with van der Waals surface area (Å²) in [6.45, 7) is 1.82. The highest BCUT2D eigenvalue weighted by molar-refractivity contribution is 5.55. The molecule has 0 N–H and O–H groups in total. The topological polar surface area (TPSA) is 38.9 Å². The van der Waals surface area contributed by atoms with Gasteiger partial charge in [0.05, 0.1) is 0 Å². The van der Waals surface area contributed by atoms with E-state index < -0.39 is 0 Å². The Morgan fingerprint density at radius 3 is 2.92 bits per heavy atom. The SMILES string of the molecule is Cc1nc(-c2cccnc2)co1. The highest BCUT2D eigenvalue weighted by Gasteiger charge is 2.01. The van der Waals surface area contributed by atoms with Crippen molar-refractivity contribution in [1.82, 2.24) is 9.97 Å². The summed E-state index contributed by atoms with van der Waals surface area (Å²) in [7, 11) is 0. The Morgan fingerprint density at radius 2 is 2.33 bits per heavy atom. The summed E-state index contributed by atoms with van der Waals surface area (Å²) < 4.78 is 5.08. The highest BCUT2D eigenvalue weighted by atomic mass is 16.3. The summed E-state index contributed by atoms with van der Waals surface area (Å²) in [5, 5.41) is 0. The molecule has 2 rings (SSSR count). The molecule has 0 aromatic carbocycles. The van der Waals surface area contributed by atoms with Crippen LogP contribution >= 0.6 is 0 Å². The zero-order valence-electron chi connectivity index (χ0n) is 6.69. The molecule has 0 unspecified atom stereocenters. The standard InChI is InChI=1S/C9H8N2O/c1-7-11-9(6-12-7)8-3-2-4-10-5-8/h2-6H,1H3. The summed E-state index contributed by atoms with van der Waals surface area (Å²) in [4.78, 5) is 8.16. The summed E-state index contributed by atoms with van der Waals surface area (Å²) in [6.07, 6.45) is 5.13. The number of pyridine rings is 1. The van der Waals surface area contributed by atoms with Crippen LogP contribution in [0.3, 0.4) is 0 Å². The third-order valence-electron chi connectivity index (χ3n) is 1.58. The van der Waals surface area contributed by atoms with Crippen molar-refractivity contribution in [3.05, 3.63) is 36.7 Å². The van der Waals surface area contributed by atoms with Gasteiger partial charge in [-0.25, -0.2) is 4.98 Å². The van der Waals surface area contributed by atoms with Crippen LogP contribution in [0, 0.1) is 6.92 Å². The van der Waals surface area contributed by atoms with Crippen molar-refractivity contribution < 1.29 is 4.42 Å². The third kappa shape index (κ3) is 1.21. The second-order valence-electron chi connectivity index (χ2n) is 2.49. The van der Waals surface area contributed by atoms with Crippen molar-refractivity contribution in [3.63, 3.8) is 0 Å². The lowest BCUT2D eigenvalue weighted by atomic mass is 10.2. The van der Waals surface area contributed by atoms with Gasteiger partial charge in [0, 0.05) is 24.9 Å². The molecule has 3 nitrogen and oxygen atoms in total. The van der Waals surface area contributed by atoms with Crippen LogP contribution in [0.5, 0.6) is 0 Å². The van der Waals surface area contributed by atoms with E-state index in [1.807, 2.05) is 19.1 Å². The van der Waals surface area contributed by atoms with Crippen LogP contribution in [0.4, 0.5) is 0 Å². The molecule has 0 fully saturated rings. The number of aryl methyl sites for hydroxylation is 1. The fraction of sp³-hybridized carbons (Fsp3) is 0.111. The smallest absolute Gasteiger partial charge is 0.191 e. The van der Waals surface area contributed by atoms with Crippen LogP contribution in [-0.4, -0.2) is 9.97 Å². The van der Waals surface area contributed by atoms with Gasteiger partial charge in [-0.1, -0.05) is 0 Å². The van der Waals surface area contributed by atoms with E-state index in [0.717, 1.165) is 11.3 Å². The minimum atomic E-state index is 0.675. The lowest BCUT2D eigenvalue weighted by Crippen LogP contribution is -1.78. The average Bonchev–Trinajstić information content (AvgIpc) is 2.54. The van der Waals surface area contributed by atoms with Crippen LogP contribution in [-0.2, 0) is 0 Å². The molecule has 0 saturated carbocycles. The number of oxazole rings is 1. The largest absolute Gasteiger partial charge is 0.449 e. The molecule has 12 heavy (non-hydrogen) atoms. The van der Waals surface area contributed by atoms with Crippen LogP contribution in [0.15, 0.2) is 35.2 Å². The van der Waals surface area contributed by atoms with Gasteiger partial charge in [-0.2, -0.15) is 0 Å². The molecule has 0 aliphatic heterocycles. The fourth-order valence-electron chi connectivity index (χ4n) is 1.01. The molecule has 0 spiro atoms. The van der Waals surface area contributed by atoms with Crippen LogP contribution in [0.25, 0.3) is 11.3 Å². The highest BCUT2D eigenvalue weighted by Crippen LogP contribution is 2.15. The second kappa shape index (κ2) is 2.77. The summed E-state index contributed by atoms with van der Waals surface area (Å²) in [5.74, 6) is 0.675. The number of aromatic nitrogens is 2. The van der Waals surface area contributed by atoms with Crippen molar-refractivity contribution in [2.45, 2.75) is 6.92 Å². The quantitative estimate of drug-likeness (QED) is 0.640. The van der Waals surface area contributed by atoms with Crippen LogP contribution < -0.4 is 0 Å². The second-order valence-corrected chi connectivity index (χ2v) is 2.49. The van der Waals surface area contributed by atoms with E-state index in [4.69, 9.17) is 4.42 Å². The van der Waals surface area contributed by atoms with Gasteiger partial charge in [0.1, 0.15) is 12.0 Å². The molecule has 2 aromatic heterocycles. The zero-order valence-corrected chi connectivity index (χ0v) is 6.69. The van der Waals surface area contributed by atoms with Gasteiger partial charge in [-0.15, -0.1) is 0 Å². The third-order valence-corrected chi connectivity index (χ3v) is 1.58. The molecule has 0 atom stereocenters. The van der Waals surface area contributed by atoms with Crippen LogP contribution in [0.1, 0.15) is 5.89 Å². The zero-order chi connectivity index (χ0) is 8.39. The van der Waals surface area contributed by atoms with Gasteiger partial charge < -0.3 is 4.42 Å². The Labute approximate surface area is 70.1 Å². The van der Waals surface area contributed by atoms with Crippen LogP contribution in [0.2, 0.25) is 0 Å². The van der Waals surface area contributed by atoms with E-state index >= 15 is 0 Å². The molecule has 0 bridgehead atoms. The summed E-state index contributed by atoms with van der Waals surface area (Å²) in [6, 6.07) is 3.82. The molecule has 0 aliphatic carbocycles. The van der Waals surface area contributed by atoms with Gasteiger partial charge in [-0.05, 0) is 12.1 Å². The van der Waals surface area contributed by atoms with Crippen molar-refractivity contribution in [3.8, 4) is 11.3 Å². The molecule has 0 saturated heterocycles. The molecule has 0 amide bonds. The Kier molecular flexibility index (Phi) is 1.63. The molecular formula is C9H8N2O. The molecule has 60 valence electrons. The fourth-order valence-corrected chi connectivity index (χ4v) is 1.01. The van der Waals surface area contributed by atoms with E-state index in [1.54, 1.807) is 18.7 Å². The lowest BCUT2D eigenvalue weighted by Gasteiger charge is -1.90. The van der Waals surface area contributed by atoms with E-state index in [0.29, 0.717) is 5.89 Å². The Hall–Kier alpha value is -1.64. The van der Waals surface area contributed by atoms with E-state index in [1.165, 1.54) is 0 Å². The van der Waals surface area contributed by atoms with Gasteiger partial charge in [-0.3, -0.25) is 4.98 Å². The maximum atomic E-state index is 5.08. The average molecular weight is 160 g/mol. The Bertz CT molecular complexity index is 367. The van der Waals surface area contributed by atoms with E-state index in [9.17, 15) is 0 Å². The van der Waals surface area contributed by atoms with Gasteiger partial charge in [0.2, 0.25) is 0 Å². The molecule has 2 heterocycles. The molecule has 2 aromatic rings. The maximum absolute atomic E-state index is 5.08. The molecule has 0 radical (unpaired) electrons.